The predicted octanol–water partition coefficient (Wildman–Crippen LogP) is 5.00. The Hall–Kier alpha value is -1.69. The van der Waals surface area contributed by atoms with Crippen molar-refractivity contribution < 1.29 is 8.78 Å². The molecular weight excluding hydrogens is 364 g/mol. The third-order valence-corrected chi connectivity index (χ3v) is 3.82. The maximum atomic E-state index is 14.5. The first kappa shape index (κ1) is 17.7. The first-order chi connectivity index (χ1) is 10.8. The minimum Gasteiger partial charge on any atom is -0.402 e. The molecule has 2 N–H and O–H groups in total. The average molecular weight is 384 g/mol. The highest BCUT2D eigenvalue weighted by molar-refractivity contribution is 9.09. The van der Waals surface area contributed by atoms with E-state index in [9.17, 15) is 8.78 Å². The lowest BCUT2D eigenvalue weighted by Gasteiger charge is -2.13. The molecule has 0 aliphatic carbocycles. The lowest BCUT2D eigenvalue weighted by Crippen LogP contribution is -2.03. The van der Waals surface area contributed by atoms with E-state index in [1.807, 2.05) is 32.3 Å². The molecule has 0 bridgehead atoms. The molecule has 0 saturated carbocycles. The largest absolute Gasteiger partial charge is 0.402 e. The molecule has 0 fully saturated rings. The number of aromatic nitrogens is 2. The van der Waals surface area contributed by atoms with Gasteiger partial charge >= 0.3 is 0 Å². The lowest BCUT2D eigenvalue weighted by molar-refractivity contribution is 0.600. The summed E-state index contributed by atoms with van der Waals surface area (Å²) in [6.07, 6.45) is 2.54. The van der Waals surface area contributed by atoms with Crippen LogP contribution in [0.5, 0.6) is 0 Å². The van der Waals surface area contributed by atoms with E-state index in [4.69, 9.17) is 5.73 Å². The van der Waals surface area contributed by atoms with Gasteiger partial charge in [-0.2, -0.15) is 0 Å². The lowest BCUT2D eigenvalue weighted by atomic mass is 10.0. The van der Waals surface area contributed by atoms with Gasteiger partial charge in [0.15, 0.2) is 5.82 Å². The van der Waals surface area contributed by atoms with Gasteiger partial charge in [-0.3, -0.25) is 0 Å². The highest BCUT2D eigenvalue weighted by atomic mass is 79.9. The molecule has 1 unspecified atom stereocenters. The van der Waals surface area contributed by atoms with Crippen LogP contribution in [-0.2, 0) is 0 Å². The van der Waals surface area contributed by atoms with Gasteiger partial charge in [-0.05, 0) is 45.4 Å². The van der Waals surface area contributed by atoms with Gasteiger partial charge < -0.3 is 10.3 Å². The van der Waals surface area contributed by atoms with Gasteiger partial charge in [-0.25, -0.2) is 13.8 Å². The molecule has 2 aromatic rings. The number of fused-ring (bicyclic) bond motifs is 1. The fraction of sp³-hybridized carbons (Fsp3) is 0.353. The van der Waals surface area contributed by atoms with Crippen LogP contribution in [0, 0.1) is 12.7 Å². The topological polar surface area (TPSA) is 43.8 Å². The molecule has 6 heteroatoms. The normalized spacial score (nSPS) is 14.8. The number of halogens is 3. The Morgan fingerprint density at radius 3 is 2.52 bits per heavy atom. The number of hydrogen-bond donors (Lipinski definition) is 1. The number of rotatable bonds is 4. The Morgan fingerprint density at radius 1 is 1.35 bits per heavy atom. The Kier molecular flexibility index (Phi) is 5.24. The summed E-state index contributed by atoms with van der Waals surface area (Å²) in [6, 6.07) is 3.17. The molecule has 0 amide bonds. The van der Waals surface area contributed by atoms with Gasteiger partial charge in [0.1, 0.15) is 17.2 Å². The summed E-state index contributed by atoms with van der Waals surface area (Å²) >= 11 is 3.36. The molecule has 0 spiro atoms. The molecule has 0 radical (unpaired) electrons. The van der Waals surface area contributed by atoms with Crippen molar-refractivity contribution in [1.29, 1.82) is 0 Å². The summed E-state index contributed by atoms with van der Waals surface area (Å²) in [7, 11) is 0. The molecule has 1 heterocycles. The van der Waals surface area contributed by atoms with Gasteiger partial charge in [0, 0.05) is 22.6 Å². The quantitative estimate of drug-likeness (QED) is 0.596. The maximum absolute atomic E-state index is 14.5. The number of hydrogen-bond acceptors (Lipinski definition) is 2. The summed E-state index contributed by atoms with van der Waals surface area (Å²) in [5, 5.41) is 0. The smallest absolute Gasteiger partial charge is 0.151 e. The minimum atomic E-state index is -0.595. The SMILES string of the molecule is Cc1nc2c(F)cc(C(=C/C(C)Br)/C(F)=C\N)cc2n1C(C)C. The van der Waals surface area contributed by atoms with Crippen molar-refractivity contribution in [3.63, 3.8) is 0 Å². The monoisotopic (exact) mass is 383 g/mol. The zero-order valence-corrected chi connectivity index (χ0v) is 15.2. The molecule has 0 aliphatic rings. The van der Waals surface area contributed by atoms with Crippen molar-refractivity contribution >= 4 is 32.5 Å². The molecule has 23 heavy (non-hydrogen) atoms. The average Bonchev–Trinajstić information content (AvgIpc) is 2.80. The molecule has 2 rings (SSSR count). The van der Waals surface area contributed by atoms with Crippen LogP contribution >= 0.6 is 15.9 Å². The van der Waals surface area contributed by atoms with Crippen LogP contribution < -0.4 is 5.73 Å². The second kappa shape index (κ2) is 6.83. The summed E-state index contributed by atoms with van der Waals surface area (Å²) in [5.41, 5.74) is 6.94. The van der Waals surface area contributed by atoms with E-state index in [1.54, 1.807) is 12.1 Å². The van der Waals surface area contributed by atoms with Gasteiger partial charge in [0.05, 0.1) is 5.52 Å². The highest BCUT2D eigenvalue weighted by Crippen LogP contribution is 2.31. The Bertz CT molecular complexity index is 789. The third kappa shape index (κ3) is 3.47. The van der Waals surface area contributed by atoms with Gasteiger partial charge in [-0.15, -0.1) is 0 Å². The molecule has 3 nitrogen and oxygen atoms in total. The van der Waals surface area contributed by atoms with Crippen molar-refractivity contribution in [3.05, 3.63) is 47.4 Å². The van der Waals surface area contributed by atoms with Gasteiger partial charge in [0.25, 0.3) is 0 Å². The maximum Gasteiger partial charge on any atom is 0.151 e. The number of alkyl halides is 1. The Morgan fingerprint density at radius 2 is 2.00 bits per heavy atom. The molecule has 1 aromatic heterocycles. The van der Waals surface area contributed by atoms with Crippen molar-refractivity contribution in [3.8, 4) is 0 Å². The fourth-order valence-electron chi connectivity index (χ4n) is 2.71. The number of imidazole rings is 1. The molecule has 1 aromatic carbocycles. The molecule has 0 saturated heterocycles. The zero-order chi connectivity index (χ0) is 17.3. The summed E-state index contributed by atoms with van der Waals surface area (Å²) in [6.45, 7) is 7.67. The van der Waals surface area contributed by atoms with E-state index in [1.165, 1.54) is 6.07 Å². The van der Waals surface area contributed by atoms with Crippen LogP contribution in [-0.4, -0.2) is 14.4 Å². The number of benzene rings is 1. The van der Waals surface area contributed by atoms with Crippen molar-refractivity contribution in [2.45, 2.75) is 38.6 Å². The van der Waals surface area contributed by atoms with E-state index in [0.29, 0.717) is 16.6 Å². The first-order valence-corrected chi connectivity index (χ1v) is 8.30. The van der Waals surface area contributed by atoms with E-state index in [-0.39, 0.29) is 16.4 Å². The zero-order valence-electron chi connectivity index (χ0n) is 13.6. The van der Waals surface area contributed by atoms with Crippen LogP contribution in [0.1, 0.15) is 38.2 Å². The summed E-state index contributed by atoms with van der Waals surface area (Å²) < 4.78 is 30.6. The van der Waals surface area contributed by atoms with E-state index >= 15 is 0 Å². The molecular formula is C17H20BrF2N3. The summed E-state index contributed by atoms with van der Waals surface area (Å²) in [5.74, 6) is -0.347. The predicted molar refractivity (Wildman–Crippen MR) is 94.6 cm³/mol. The second-order valence-electron chi connectivity index (χ2n) is 5.72. The first-order valence-electron chi connectivity index (χ1n) is 7.38. The summed E-state index contributed by atoms with van der Waals surface area (Å²) in [4.78, 5) is 4.20. The van der Waals surface area contributed by atoms with E-state index < -0.39 is 11.6 Å². The van der Waals surface area contributed by atoms with Crippen LogP contribution in [0.2, 0.25) is 0 Å². The van der Waals surface area contributed by atoms with Crippen molar-refractivity contribution in [2.75, 3.05) is 0 Å². The van der Waals surface area contributed by atoms with E-state index in [0.717, 1.165) is 12.0 Å². The fourth-order valence-corrected chi connectivity index (χ4v) is 2.97. The molecule has 1 atom stereocenters. The standard InChI is InChI=1S/C17H20BrF2N3/c1-9(2)23-11(4)22-17-14(19)6-12(7-16(17)23)13(5-10(3)18)15(20)8-21/h5-10H,21H2,1-4H3/b13-5-,15-8+. The van der Waals surface area contributed by atoms with Gasteiger partial charge in [-0.1, -0.05) is 22.0 Å². The Balaban J connectivity index is 2.77. The van der Waals surface area contributed by atoms with Crippen molar-refractivity contribution in [2.24, 2.45) is 5.73 Å². The van der Waals surface area contributed by atoms with E-state index in [2.05, 4.69) is 20.9 Å². The number of allylic oxidation sites excluding steroid dienone is 3. The minimum absolute atomic E-state index is 0.0845. The second-order valence-corrected chi connectivity index (χ2v) is 7.17. The van der Waals surface area contributed by atoms with Crippen LogP contribution in [0.15, 0.2) is 30.2 Å². The molecule has 0 aliphatic heterocycles. The Labute approximate surface area is 143 Å². The molecule has 124 valence electrons. The number of nitrogens with two attached hydrogens (primary N) is 1. The van der Waals surface area contributed by atoms with Crippen molar-refractivity contribution in [1.82, 2.24) is 9.55 Å². The number of aryl methyl sites for hydroxylation is 1. The number of nitrogens with zero attached hydrogens (tertiary/aromatic N) is 2. The van der Waals surface area contributed by atoms with Crippen LogP contribution in [0.3, 0.4) is 0 Å². The van der Waals surface area contributed by atoms with Crippen LogP contribution in [0.4, 0.5) is 8.78 Å². The van der Waals surface area contributed by atoms with Gasteiger partial charge in [0.2, 0.25) is 0 Å². The third-order valence-electron chi connectivity index (χ3n) is 3.55. The highest BCUT2D eigenvalue weighted by Gasteiger charge is 2.18. The van der Waals surface area contributed by atoms with Crippen LogP contribution in [0.25, 0.3) is 16.6 Å².